The number of carbonyl (C=O) groups is 4. The van der Waals surface area contributed by atoms with Gasteiger partial charge in [0.2, 0.25) is 0 Å². The summed E-state index contributed by atoms with van der Waals surface area (Å²) in [4.78, 5) is 47.5. The van der Waals surface area contributed by atoms with Crippen LogP contribution in [0.4, 0.5) is 19.2 Å². The Morgan fingerprint density at radius 3 is 0.397 bits per heavy atom. The third-order valence-electron chi connectivity index (χ3n) is 29.8. The Hall–Kier alpha value is -5.24. The summed E-state index contributed by atoms with van der Waals surface area (Å²) in [7, 11) is 0. The Morgan fingerprint density at radius 2 is 0.277 bits per heavy atom. The predicted molar refractivity (Wildman–Crippen MR) is 596 cm³/mol. The monoisotopic (exact) mass is 2070 g/mol. The van der Waals surface area contributed by atoms with Crippen LogP contribution in [0.1, 0.15) is 641 Å². The van der Waals surface area contributed by atoms with Crippen LogP contribution in [0.15, 0.2) is 97.1 Å². The summed E-state index contributed by atoms with van der Waals surface area (Å²) in [5, 5.41) is 47.5. The molecule has 4 aromatic carbocycles. The summed E-state index contributed by atoms with van der Waals surface area (Å²) in [5.41, 5.74) is 6.37. The first kappa shape index (κ1) is 136. The maximum Gasteiger partial charge on any atom is 4.00 e. The van der Waals surface area contributed by atoms with E-state index in [0.717, 1.165) is 228 Å². The van der Waals surface area contributed by atoms with Crippen molar-refractivity contribution in [2.45, 2.75) is 645 Å². The van der Waals surface area contributed by atoms with Crippen LogP contribution >= 0.6 is 0 Å². The predicted octanol–water partition coefficient (Wildman–Crippen LogP) is 38.2. The molecule has 13 heteroatoms. The van der Waals surface area contributed by atoms with E-state index in [4.69, 9.17) is 18.9 Å². The number of hydrogen-bond donors (Lipinski definition) is 0. The molecule has 0 saturated carbocycles. The van der Waals surface area contributed by atoms with Crippen molar-refractivity contribution in [3.63, 3.8) is 0 Å². The minimum atomic E-state index is -1.38. The molecule has 141 heavy (non-hydrogen) atoms. The molecule has 0 aliphatic rings. The number of rotatable bonds is 92. The van der Waals surface area contributed by atoms with Gasteiger partial charge in [0, 0.05) is 0 Å². The number of carboxylic acid groups (broad SMARTS) is 4. The van der Waals surface area contributed by atoms with Gasteiger partial charge in [0.05, 0.1) is 22.4 Å². The first-order valence-corrected chi connectivity index (χ1v) is 60.3. The first-order valence-electron chi connectivity index (χ1n) is 60.3. The Kier molecular flexibility index (Phi) is 92.1. The fourth-order valence-electron chi connectivity index (χ4n) is 21.5. The van der Waals surface area contributed by atoms with E-state index in [2.05, 4.69) is 180 Å². The molecule has 4 aromatic rings. The SMILES string of the molecule is CCCCCCCCc1ccccc1C(CCCCCCCC)(CCCCCCCC)OC(=O)[O-].CCCCCCCCc1ccccc1C(CCCCCCCC)(CCCCCCCC)OC(=O)[O-].CCCCCCCCc1ccccc1C(CCCCCCCC)(CCCCCCCC)OC(=O)[O-].CCCCCCCCc1ccccc1C(CCCCCCCC)(CCCCCCCC)OC(=O)[O-].[Sn+4]. The Labute approximate surface area is 887 Å². The number of hydrogen-bond acceptors (Lipinski definition) is 12. The Morgan fingerprint density at radius 1 is 0.170 bits per heavy atom. The Balaban J connectivity index is 0.00000185. The zero-order valence-electron chi connectivity index (χ0n) is 94.0. The standard InChI is InChI=1S/4C32H56O3.Sn/c4*1-4-7-10-13-16-19-24-29-25-20-21-26-30(29)32(35-31(33)34,27-22-17-14-11-8-5-2)28-23-18-15-12-9-6-3;/h4*20-21,25-26H,4-19,22-24,27-28H2,1-3H3,(H,33,34);/q;;;;+4/p-4. The third-order valence-corrected chi connectivity index (χ3v) is 29.8. The molecular weight excluding hydrogens is 1850 g/mol. The van der Waals surface area contributed by atoms with Crippen LogP contribution in [0.3, 0.4) is 0 Å². The average molecular weight is 2070 g/mol. The van der Waals surface area contributed by atoms with Crippen molar-refractivity contribution in [3.8, 4) is 0 Å². The molecular formula is C128H220O12Sn. The fourth-order valence-corrected chi connectivity index (χ4v) is 21.5. The third kappa shape index (κ3) is 68.1. The van der Waals surface area contributed by atoms with Crippen LogP contribution in [0.25, 0.3) is 0 Å². The number of benzene rings is 4. The summed E-state index contributed by atoms with van der Waals surface area (Å²) < 4.78 is 23.1. The van der Waals surface area contributed by atoms with E-state index in [-0.39, 0.29) is 23.9 Å². The largest absolute Gasteiger partial charge is 4.00 e. The average Bonchev–Trinajstić information content (AvgIpc) is 0.808. The van der Waals surface area contributed by atoms with Crippen molar-refractivity contribution in [3.05, 3.63) is 142 Å². The van der Waals surface area contributed by atoms with Crippen molar-refractivity contribution >= 4 is 48.5 Å². The van der Waals surface area contributed by atoms with Crippen LogP contribution in [0.2, 0.25) is 0 Å². The second-order valence-electron chi connectivity index (χ2n) is 42.2. The first-order chi connectivity index (χ1) is 68.4. The van der Waals surface area contributed by atoms with Crippen molar-refractivity contribution < 1.29 is 58.6 Å². The van der Waals surface area contributed by atoms with Crippen molar-refractivity contribution in [2.75, 3.05) is 0 Å². The topological polar surface area (TPSA) is 197 Å². The van der Waals surface area contributed by atoms with Crippen LogP contribution in [-0.2, 0) is 67.0 Å². The van der Waals surface area contributed by atoms with Crippen molar-refractivity contribution in [1.82, 2.24) is 0 Å². The molecule has 0 atom stereocenters. The van der Waals surface area contributed by atoms with Gasteiger partial charge in [-0.25, -0.2) is 0 Å². The normalized spacial score (nSPS) is 11.5. The van der Waals surface area contributed by atoms with E-state index in [9.17, 15) is 39.6 Å². The van der Waals surface area contributed by atoms with Gasteiger partial charge in [-0.15, -0.1) is 0 Å². The van der Waals surface area contributed by atoms with Gasteiger partial charge in [-0.3, -0.25) is 0 Å². The molecule has 0 aliphatic carbocycles. The van der Waals surface area contributed by atoms with Crippen LogP contribution < -0.4 is 20.4 Å². The smallest absolute Gasteiger partial charge is 0.538 e. The van der Waals surface area contributed by atoms with E-state index in [1.54, 1.807) is 0 Å². The molecule has 0 fully saturated rings. The van der Waals surface area contributed by atoms with Crippen LogP contribution in [0.5, 0.6) is 0 Å². The van der Waals surface area contributed by atoms with Crippen LogP contribution in [0, 0.1) is 0 Å². The van der Waals surface area contributed by atoms with Gasteiger partial charge >= 0.3 is 23.9 Å². The summed E-state index contributed by atoms with van der Waals surface area (Å²) in [6.45, 7) is 26.9. The molecule has 0 bridgehead atoms. The van der Waals surface area contributed by atoms with E-state index < -0.39 is 47.0 Å². The molecule has 4 rings (SSSR count). The second-order valence-corrected chi connectivity index (χ2v) is 42.2. The molecule has 0 heterocycles. The summed E-state index contributed by atoms with van der Waals surface area (Å²) in [6.07, 6.45) is 91.7. The molecule has 808 valence electrons. The number of aryl methyl sites for hydroxylation is 4. The molecule has 0 spiro atoms. The van der Waals surface area contributed by atoms with E-state index >= 15 is 0 Å². The summed E-state index contributed by atoms with van der Waals surface area (Å²) in [5.74, 6) is 0. The maximum atomic E-state index is 11.9. The molecule has 0 aromatic heterocycles. The van der Waals surface area contributed by atoms with Crippen molar-refractivity contribution in [2.24, 2.45) is 0 Å². The minimum Gasteiger partial charge on any atom is -0.538 e. The van der Waals surface area contributed by atoms with Gasteiger partial charge in [0.25, 0.3) is 24.6 Å². The van der Waals surface area contributed by atoms with E-state index in [0.29, 0.717) is 0 Å². The summed E-state index contributed by atoms with van der Waals surface area (Å²) >= 11 is 0. The van der Waals surface area contributed by atoms with Gasteiger partial charge in [0.1, 0.15) is 0 Å². The van der Waals surface area contributed by atoms with Gasteiger partial charge in [-0.2, -0.15) is 0 Å². The molecule has 0 aliphatic heterocycles. The van der Waals surface area contributed by atoms with E-state index in [1.165, 1.54) is 356 Å². The van der Waals surface area contributed by atoms with Gasteiger partial charge in [-0.1, -0.05) is 617 Å². The number of ether oxygens (including phenoxy) is 4. The molecule has 0 amide bonds. The van der Waals surface area contributed by atoms with Crippen molar-refractivity contribution in [1.29, 1.82) is 0 Å². The molecule has 0 radical (unpaired) electrons. The molecule has 0 unspecified atom stereocenters. The zero-order valence-corrected chi connectivity index (χ0v) is 96.9. The van der Waals surface area contributed by atoms with Gasteiger partial charge < -0.3 is 58.6 Å². The minimum absolute atomic E-state index is 0. The van der Waals surface area contributed by atoms with Gasteiger partial charge in [-0.05, 0) is 147 Å². The zero-order chi connectivity index (χ0) is 102. The summed E-state index contributed by atoms with van der Waals surface area (Å²) in [6, 6.07) is 33.9. The van der Waals surface area contributed by atoms with Crippen LogP contribution in [-0.4, -0.2) is 48.5 Å². The maximum absolute atomic E-state index is 11.9. The molecule has 0 N–H and O–H groups in total. The number of carbonyl (C=O) groups excluding carboxylic acids is 4. The van der Waals surface area contributed by atoms with Gasteiger partial charge in [0.15, 0.2) is 0 Å². The second kappa shape index (κ2) is 95.7. The van der Waals surface area contributed by atoms with E-state index in [1.807, 2.05) is 0 Å². The molecule has 12 nitrogen and oxygen atoms in total. The number of unbranched alkanes of at least 4 members (excludes halogenated alkanes) is 60. The fraction of sp³-hybridized carbons (Fsp3) is 0.781. The Bertz CT molecular complexity index is 2950. The molecule has 0 saturated heterocycles. The quantitative estimate of drug-likeness (QED) is 0.0176.